The van der Waals surface area contributed by atoms with Crippen LogP contribution >= 0.6 is 0 Å². The maximum atomic E-state index is 12.9. The number of carbonyl (C=O) groups excluding carboxylic acids is 4. The average Bonchev–Trinajstić information content (AvgIpc) is 3.08. The zero-order valence-electron chi connectivity index (χ0n) is 25.6. The lowest BCUT2D eigenvalue weighted by Gasteiger charge is -2.34. The van der Waals surface area contributed by atoms with Crippen molar-refractivity contribution in [2.75, 3.05) is 44.6 Å². The van der Waals surface area contributed by atoms with Crippen LogP contribution in [0.1, 0.15) is 48.0 Å². The Labute approximate surface area is 264 Å². The minimum absolute atomic E-state index is 0.152. The van der Waals surface area contributed by atoms with Gasteiger partial charge in [0.1, 0.15) is 12.4 Å². The quantitative estimate of drug-likeness (QED) is 0.223. The number of carbonyl (C=O) groups is 4. The van der Waals surface area contributed by atoms with Crippen LogP contribution in [-0.2, 0) is 25.5 Å². The minimum Gasteiger partial charge on any atom is -0.465 e. The molecule has 3 aromatic carbocycles. The number of likely N-dealkylation sites (tertiary alicyclic amines) is 2. The molecule has 45 heavy (non-hydrogen) atoms. The second-order valence-electron chi connectivity index (χ2n) is 11.8. The monoisotopic (exact) mass is 611 g/mol. The van der Waals surface area contributed by atoms with E-state index in [2.05, 4.69) is 10.2 Å². The van der Waals surface area contributed by atoms with Crippen LogP contribution in [0.25, 0.3) is 11.1 Å². The summed E-state index contributed by atoms with van der Waals surface area (Å²) in [5, 5.41) is 2.91. The number of aldehydes is 1. The molecule has 2 aliphatic rings. The Kier molecular flexibility index (Phi) is 11.3. The number of benzene rings is 3. The summed E-state index contributed by atoms with van der Waals surface area (Å²) in [7, 11) is 0. The molecular formula is C36H41N3O6. The fraction of sp³-hybridized carbons (Fsp3) is 0.389. The number of piperidine rings is 2. The minimum atomic E-state index is -0.449. The summed E-state index contributed by atoms with van der Waals surface area (Å²) >= 11 is 0. The standard InChI is InChI=1S/C36H41N3O6/c40-25-28-12-10-27(11-13-28)24-35(42)44-26-29-14-22-39(23-15-29)34(41)18-21-38-19-16-31(17-20-38)45-36(43)37-33-9-5-4-8-32(33)30-6-2-1-3-7-30/h1-13,25,29,31H,14-24,26H2,(H,37,43). The normalized spacial score (nSPS) is 16.1. The Morgan fingerprint density at radius 2 is 1.51 bits per heavy atom. The predicted molar refractivity (Wildman–Crippen MR) is 172 cm³/mol. The van der Waals surface area contributed by atoms with Gasteiger partial charge in [0.15, 0.2) is 0 Å². The zero-order chi connectivity index (χ0) is 31.4. The maximum Gasteiger partial charge on any atom is 0.411 e. The van der Waals surface area contributed by atoms with Gasteiger partial charge in [-0.1, -0.05) is 72.8 Å². The van der Waals surface area contributed by atoms with E-state index in [4.69, 9.17) is 9.47 Å². The molecule has 0 aromatic heterocycles. The van der Waals surface area contributed by atoms with E-state index in [9.17, 15) is 19.2 Å². The van der Waals surface area contributed by atoms with Crippen molar-refractivity contribution in [3.63, 3.8) is 0 Å². The molecule has 9 nitrogen and oxygen atoms in total. The molecule has 2 saturated heterocycles. The number of nitrogens with one attached hydrogen (secondary N) is 1. The summed E-state index contributed by atoms with van der Waals surface area (Å²) in [6, 6.07) is 24.5. The maximum absolute atomic E-state index is 12.9. The third-order valence-electron chi connectivity index (χ3n) is 8.61. The molecule has 0 spiro atoms. The van der Waals surface area contributed by atoms with E-state index in [0.717, 1.165) is 61.7 Å². The summed E-state index contributed by atoms with van der Waals surface area (Å²) in [5.41, 5.74) is 4.07. The molecule has 0 radical (unpaired) electrons. The summed E-state index contributed by atoms with van der Waals surface area (Å²) in [6.45, 7) is 3.95. The summed E-state index contributed by atoms with van der Waals surface area (Å²) in [5.74, 6) is 0.119. The molecule has 2 heterocycles. The van der Waals surface area contributed by atoms with Crippen molar-refractivity contribution in [1.29, 1.82) is 0 Å². The summed E-state index contributed by atoms with van der Waals surface area (Å²) in [4.78, 5) is 52.8. The number of ether oxygens (including phenoxy) is 2. The van der Waals surface area contributed by atoms with E-state index in [1.807, 2.05) is 59.5 Å². The first-order chi connectivity index (χ1) is 22.0. The molecule has 3 aromatic rings. The largest absolute Gasteiger partial charge is 0.465 e. The fourth-order valence-corrected chi connectivity index (χ4v) is 5.91. The van der Waals surface area contributed by atoms with Crippen molar-refractivity contribution in [3.8, 4) is 11.1 Å². The molecule has 5 rings (SSSR count). The van der Waals surface area contributed by atoms with Gasteiger partial charge in [-0.05, 0) is 48.8 Å². The van der Waals surface area contributed by atoms with E-state index in [1.165, 1.54) is 0 Å². The first kappa shape index (κ1) is 31.9. The second kappa shape index (κ2) is 16.0. The number of anilines is 1. The smallest absolute Gasteiger partial charge is 0.411 e. The third-order valence-corrected chi connectivity index (χ3v) is 8.61. The van der Waals surface area contributed by atoms with Crippen LogP contribution in [0.4, 0.5) is 10.5 Å². The average molecular weight is 612 g/mol. The number of nitrogens with zero attached hydrogens (tertiary/aromatic N) is 2. The molecule has 1 N–H and O–H groups in total. The number of amides is 2. The van der Waals surface area contributed by atoms with Gasteiger partial charge in [-0.2, -0.15) is 0 Å². The molecule has 2 fully saturated rings. The topological polar surface area (TPSA) is 105 Å². The number of esters is 1. The van der Waals surface area contributed by atoms with Gasteiger partial charge in [0.2, 0.25) is 5.91 Å². The molecule has 0 atom stereocenters. The first-order valence-corrected chi connectivity index (χ1v) is 15.8. The molecule has 0 aliphatic carbocycles. The third kappa shape index (κ3) is 9.49. The predicted octanol–water partition coefficient (Wildman–Crippen LogP) is 5.59. The van der Waals surface area contributed by atoms with Gasteiger partial charge in [0, 0.05) is 50.3 Å². The fourth-order valence-electron chi connectivity index (χ4n) is 5.91. The van der Waals surface area contributed by atoms with Crippen LogP contribution in [0, 0.1) is 5.92 Å². The van der Waals surface area contributed by atoms with Crippen molar-refractivity contribution in [2.45, 2.75) is 44.6 Å². The molecule has 0 saturated carbocycles. The van der Waals surface area contributed by atoms with Crippen LogP contribution < -0.4 is 5.32 Å². The molecule has 9 heteroatoms. The van der Waals surface area contributed by atoms with Gasteiger partial charge >= 0.3 is 12.1 Å². The molecule has 2 amide bonds. The van der Waals surface area contributed by atoms with Gasteiger partial charge in [0.25, 0.3) is 0 Å². The summed E-state index contributed by atoms with van der Waals surface area (Å²) < 4.78 is 11.2. The van der Waals surface area contributed by atoms with Gasteiger partial charge in [-0.15, -0.1) is 0 Å². The van der Waals surface area contributed by atoms with E-state index in [-0.39, 0.29) is 30.3 Å². The van der Waals surface area contributed by atoms with E-state index >= 15 is 0 Å². The molecule has 236 valence electrons. The highest BCUT2D eigenvalue weighted by molar-refractivity contribution is 5.91. The number of hydrogen-bond acceptors (Lipinski definition) is 7. The molecular weight excluding hydrogens is 570 g/mol. The molecule has 0 bridgehead atoms. The van der Waals surface area contributed by atoms with Crippen molar-refractivity contribution in [2.24, 2.45) is 5.92 Å². The lowest BCUT2D eigenvalue weighted by Crippen LogP contribution is -2.43. The number of hydrogen-bond donors (Lipinski definition) is 1. The Morgan fingerprint density at radius 3 is 2.22 bits per heavy atom. The number of para-hydroxylation sites is 1. The van der Waals surface area contributed by atoms with Gasteiger partial charge in [-0.25, -0.2) is 4.79 Å². The Bertz CT molecular complexity index is 1430. The van der Waals surface area contributed by atoms with Crippen LogP contribution in [-0.4, -0.2) is 79.5 Å². The highest BCUT2D eigenvalue weighted by atomic mass is 16.6. The van der Waals surface area contributed by atoms with Gasteiger partial charge in [0.05, 0.1) is 18.7 Å². The van der Waals surface area contributed by atoms with Crippen molar-refractivity contribution < 1.29 is 28.7 Å². The Balaban J connectivity index is 0.952. The highest BCUT2D eigenvalue weighted by Gasteiger charge is 2.26. The van der Waals surface area contributed by atoms with Crippen LogP contribution in [0.2, 0.25) is 0 Å². The molecule has 2 aliphatic heterocycles. The lowest BCUT2D eigenvalue weighted by atomic mass is 9.97. The van der Waals surface area contributed by atoms with Gasteiger partial charge < -0.3 is 19.3 Å². The van der Waals surface area contributed by atoms with E-state index < -0.39 is 6.09 Å². The van der Waals surface area contributed by atoms with Gasteiger partial charge in [-0.3, -0.25) is 19.7 Å². The van der Waals surface area contributed by atoms with Crippen molar-refractivity contribution in [1.82, 2.24) is 9.80 Å². The lowest BCUT2D eigenvalue weighted by molar-refractivity contribution is -0.145. The Morgan fingerprint density at radius 1 is 0.822 bits per heavy atom. The van der Waals surface area contributed by atoms with Crippen molar-refractivity contribution in [3.05, 3.63) is 90.0 Å². The SMILES string of the molecule is O=Cc1ccc(CC(=O)OCC2CCN(C(=O)CCN3CCC(OC(=O)Nc4ccccc4-c4ccccc4)CC3)CC2)cc1. The van der Waals surface area contributed by atoms with Crippen LogP contribution in [0.5, 0.6) is 0 Å². The van der Waals surface area contributed by atoms with E-state index in [1.54, 1.807) is 24.3 Å². The zero-order valence-corrected chi connectivity index (χ0v) is 25.6. The highest BCUT2D eigenvalue weighted by Crippen LogP contribution is 2.28. The van der Waals surface area contributed by atoms with Crippen molar-refractivity contribution >= 4 is 29.9 Å². The van der Waals surface area contributed by atoms with Crippen LogP contribution in [0.15, 0.2) is 78.9 Å². The molecule has 0 unspecified atom stereocenters. The first-order valence-electron chi connectivity index (χ1n) is 15.8. The van der Waals surface area contributed by atoms with E-state index in [0.29, 0.717) is 43.9 Å². The Hall–Kier alpha value is -4.50. The second-order valence-corrected chi connectivity index (χ2v) is 11.8. The number of rotatable bonds is 11. The summed E-state index contributed by atoms with van der Waals surface area (Å²) in [6.07, 6.45) is 3.90. The van der Waals surface area contributed by atoms with Crippen LogP contribution in [0.3, 0.4) is 0 Å².